The van der Waals surface area contributed by atoms with Crippen molar-refractivity contribution in [3.63, 3.8) is 0 Å². The van der Waals surface area contributed by atoms with Gasteiger partial charge < -0.3 is 5.32 Å². The molecule has 4 rings (SSSR count). The summed E-state index contributed by atoms with van der Waals surface area (Å²) < 4.78 is 0. The van der Waals surface area contributed by atoms with Gasteiger partial charge in [-0.05, 0) is 36.5 Å². The molecule has 1 heterocycles. The van der Waals surface area contributed by atoms with Gasteiger partial charge in [0.1, 0.15) is 0 Å². The van der Waals surface area contributed by atoms with Gasteiger partial charge in [-0.2, -0.15) is 0 Å². The molecule has 0 amide bonds. The van der Waals surface area contributed by atoms with E-state index in [9.17, 15) is 0 Å². The number of pyridine rings is 1. The van der Waals surface area contributed by atoms with E-state index >= 15 is 0 Å². The van der Waals surface area contributed by atoms with Gasteiger partial charge in [0.25, 0.3) is 0 Å². The first kappa shape index (κ1) is 12.4. The van der Waals surface area contributed by atoms with Gasteiger partial charge in [-0.3, -0.25) is 4.98 Å². The molecule has 3 aromatic rings. The monoisotopic (exact) mass is 274 g/mol. The summed E-state index contributed by atoms with van der Waals surface area (Å²) in [6.45, 7) is 0. The highest BCUT2D eigenvalue weighted by molar-refractivity contribution is 5.90. The highest BCUT2D eigenvalue weighted by Gasteiger charge is 2.32. The van der Waals surface area contributed by atoms with Crippen LogP contribution < -0.4 is 5.32 Å². The van der Waals surface area contributed by atoms with Crippen LogP contribution >= 0.6 is 0 Å². The number of fused-ring (bicyclic) bond motifs is 1. The summed E-state index contributed by atoms with van der Waals surface area (Å²) in [5.74, 6) is 0.742. The third kappa shape index (κ3) is 2.49. The molecule has 1 unspecified atom stereocenters. The van der Waals surface area contributed by atoms with E-state index < -0.39 is 0 Å². The molecule has 0 aliphatic heterocycles. The highest BCUT2D eigenvalue weighted by atomic mass is 15.0. The Kier molecular flexibility index (Phi) is 3.07. The van der Waals surface area contributed by atoms with E-state index in [-0.39, 0.29) is 0 Å². The number of para-hydroxylation sites is 1. The van der Waals surface area contributed by atoms with E-state index in [2.05, 4.69) is 64.9 Å². The van der Waals surface area contributed by atoms with Crippen molar-refractivity contribution in [1.82, 2.24) is 4.98 Å². The predicted octanol–water partition coefficient (Wildman–Crippen LogP) is 4.80. The maximum atomic E-state index is 4.55. The molecule has 1 N–H and O–H groups in total. The minimum atomic E-state index is 0.388. The minimum Gasteiger partial charge on any atom is -0.376 e. The molecule has 1 saturated carbocycles. The summed E-state index contributed by atoms with van der Waals surface area (Å²) in [6, 6.07) is 21.6. The highest BCUT2D eigenvalue weighted by Crippen LogP contribution is 2.43. The fourth-order valence-electron chi connectivity index (χ4n) is 2.95. The van der Waals surface area contributed by atoms with Crippen molar-refractivity contribution in [3.8, 4) is 0 Å². The number of nitrogens with zero attached hydrogens (tertiary/aromatic N) is 1. The standard InChI is InChI=1S/C19H18N2/c1-2-6-14(7-3-1)18(16-11-12-16)21-17-10-4-8-15-9-5-13-20-19(15)17/h1-10,13,16,18,21H,11-12H2. The summed E-state index contributed by atoms with van der Waals surface area (Å²) in [5, 5.41) is 4.92. The predicted molar refractivity (Wildman–Crippen MR) is 87.3 cm³/mol. The molecule has 0 radical (unpaired) electrons. The zero-order valence-electron chi connectivity index (χ0n) is 11.9. The van der Waals surface area contributed by atoms with Crippen LogP contribution in [-0.4, -0.2) is 4.98 Å². The Labute approximate surface area is 124 Å². The number of rotatable bonds is 4. The lowest BCUT2D eigenvalue weighted by molar-refractivity contribution is 0.680. The maximum Gasteiger partial charge on any atom is 0.0933 e. The lowest BCUT2D eigenvalue weighted by atomic mass is 10.0. The van der Waals surface area contributed by atoms with Gasteiger partial charge in [-0.1, -0.05) is 48.5 Å². The first-order chi connectivity index (χ1) is 10.4. The van der Waals surface area contributed by atoms with Crippen LogP contribution in [0.3, 0.4) is 0 Å². The average Bonchev–Trinajstić information content (AvgIpc) is 3.38. The van der Waals surface area contributed by atoms with E-state index in [1.54, 1.807) is 0 Å². The third-order valence-electron chi connectivity index (χ3n) is 4.20. The van der Waals surface area contributed by atoms with Crippen LogP contribution in [0.25, 0.3) is 10.9 Å². The SMILES string of the molecule is c1ccc(C(Nc2cccc3cccnc23)C2CC2)cc1. The fraction of sp³-hybridized carbons (Fsp3) is 0.211. The molecule has 2 aromatic carbocycles. The summed E-state index contributed by atoms with van der Waals surface area (Å²) in [4.78, 5) is 4.55. The molecule has 1 aliphatic carbocycles. The van der Waals surface area contributed by atoms with E-state index in [4.69, 9.17) is 0 Å². The quantitative estimate of drug-likeness (QED) is 0.739. The van der Waals surface area contributed by atoms with Crippen LogP contribution in [0.1, 0.15) is 24.4 Å². The molecule has 1 aromatic heterocycles. The van der Waals surface area contributed by atoms with E-state index in [1.165, 1.54) is 23.8 Å². The zero-order chi connectivity index (χ0) is 14.1. The average molecular weight is 274 g/mol. The van der Waals surface area contributed by atoms with Crippen LogP contribution in [0.5, 0.6) is 0 Å². The second-order valence-electron chi connectivity index (χ2n) is 5.75. The molecule has 0 saturated heterocycles. The Balaban J connectivity index is 1.72. The second kappa shape index (κ2) is 5.21. The first-order valence-electron chi connectivity index (χ1n) is 7.57. The van der Waals surface area contributed by atoms with Gasteiger partial charge in [0.2, 0.25) is 0 Å². The molecule has 104 valence electrons. The Morgan fingerprint density at radius 1 is 0.905 bits per heavy atom. The topological polar surface area (TPSA) is 24.9 Å². The fourth-order valence-corrected chi connectivity index (χ4v) is 2.95. The Bertz CT molecular complexity index is 742. The van der Waals surface area contributed by atoms with E-state index in [0.29, 0.717) is 6.04 Å². The molecule has 1 fully saturated rings. The summed E-state index contributed by atoms with van der Waals surface area (Å²) in [5.41, 5.74) is 3.56. The Morgan fingerprint density at radius 2 is 1.71 bits per heavy atom. The zero-order valence-corrected chi connectivity index (χ0v) is 11.9. The van der Waals surface area contributed by atoms with Crippen LogP contribution in [-0.2, 0) is 0 Å². The molecular formula is C19H18N2. The second-order valence-corrected chi connectivity index (χ2v) is 5.75. The number of benzene rings is 2. The number of hydrogen-bond donors (Lipinski definition) is 1. The van der Waals surface area contributed by atoms with Crippen LogP contribution in [0.4, 0.5) is 5.69 Å². The summed E-state index contributed by atoms with van der Waals surface area (Å²) in [6.07, 6.45) is 4.48. The molecule has 0 spiro atoms. The smallest absolute Gasteiger partial charge is 0.0933 e. The number of anilines is 1. The number of hydrogen-bond acceptors (Lipinski definition) is 2. The lowest BCUT2D eigenvalue weighted by Gasteiger charge is -2.21. The van der Waals surface area contributed by atoms with Crippen molar-refractivity contribution in [3.05, 3.63) is 72.4 Å². The van der Waals surface area contributed by atoms with Crippen LogP contribution in [0.2, 0.25) is 0 Å². The van der Waals surface area contributed by atoms with E-state index in [0.717, 1.165) is 17.1 Å². The van der Waals surface area contributed by atoms with E-state index in [1.807, 2.05) is 12.3 Å². The van der Waals surface area contributed by atoms with Crippen LogP contribution in [0.15, 0.2) is 66.9 Å². The Hall–Kier alpha value is -2.35. The number of aromatic nitrogens is 1. The lowest BCUT2D eigenvalue weighted by Crippen LogP contribution is -2.13. The third-order valence-corrected chi connectivity index (χ3v) is 4.20. The minimum absolute atomic E-state index is 0.388. The van der Waals surface area contributed by atoms with Crippen molar-refractivity contribution in [2.75, 3.05) is 5.32 Å². The van der Waals surface area contributed by atoms with Gasteiger partial charge >= 0.3 is 0 Å². The summed E-state index contributed by atoms with van der Waals surface area (Å²) >= 11 is 0. The summed E-state index contributed by atoms with van der Waals surface area (Å²) in [7, 11) is 0. The van der Waals surface area contributed by atoms with Gasteiger partial charge in [0, 0.05) is 11.6 Å². The molecule has 0 bridgehead atoms. The first-order valence-corrected chi connectivity index (χ1v) is 7.57. The van der Waals surface area contributed by atoms with Crippen molar-refractivity contribution < 1.29 is 0 Å². The largest absolute Gasteiger partial charge is 0.376 e. The van der Waals surface area contributed by atoms with Crippen molar-refractivity contribution in [2.24, 2.45) is 5.92 Å². The molecule has 21 heavy (non-hydrogen) atoms. The number of nitrogens with one attached hydrogen (secondary N) is 1. The molecule has 1 aliphatic rings. The Morgan fingerprint density at radius 3 is 2.52 bits per heavy atom. The molecule has 1 atom stereocenters. The van der Waals surface area contributed by atoms with Crippen LogP contribution in [0, 0.1) is 5.92 Å². The molecule has 2 heteroatoms. The van der Waals surface area contributed by atoms with Crippen molar-refractivity contribution >= 4 is 16.6 Å². The molecule has 2 nitrogen and oxygen atoms in total. The normalized spacial score (nSPS) is 15.8. The van der Waals surface area contributed by atoms with Crippen molar-refractivity contribution in [2.45, 2.75) is 18.9 Å². The molecular weight excluding hydrogens is 256 g/mol. The van der Waals surface area contributed by atoms with Gasteiger partial charge in [0.15, 0.2) is 0 Å². The van der Waals surface area contributed by atoms with Gasteiger partial charge in [-0.25, -0.2) is 0 Å². The van der Waals surface area contributed by atoms with Crippen molar-refractivity contribution in [1.29, 1.82) is 0 Å². The van der Waals surface area contributed by atoms with Gasteiger partial charge in [-0.15, -0.1) is 0 Å². The van der Waals surface area contributed by atoms with Gasteiger partial charge in [0.05, 0.1) is 17.2 Å². The maximum absolute atomic E-state index is 4.55.